The standard InChI is InChI=1S/C22H18N2O3S2/c25-19(27-14-17-9-5-2-6-10-17)15-29-22-23-18-11-12-28-20(18)21(26)24(22)13-16-7-3-1-4-8-16/h1-12H,13-15H2. The van der Waals surface area contributed by atoms with Gasteiger partial charge in [-0.05, 0) is 22.6 Å². The summed E-state index contributed by atoms with van der Waals surface area (Å²) in [7, 11) is 0. The van der Waals surface area contributed by atoms with E-state index < -0.39 is 0 Å². The highest BCUT2D eigenvalue weighted by Gasteiger charge is 2.15. The average Bonchev–Trinajstić information content (AvgIpc) is 3.23. The van der Waals surface area contributed by atoms with Crippen LogP contribution in [0.15, 0.2) is 82.1 Å². The summed E-state index contributed by atoms with van der Waals surface area (Å²) in [5.74, 6) is -0.256. The predicted molar refractivity (Wildman–Crippen MR) is 116 cm³/mol. The molecular formula is C22H18N2O3S2. The molecule has 146 valence electrons. The summed E-state index contributed by atoms with van der Waals surface area (Å²) in [6, 6.07) is 21.1. The van der Waals surface area contributed by atoms with Crippen molar-refractivity contribution in [1.82, 2.24) is 9.55 Å². The number of fused-ring (bicyclic) bond motifs is 1. The van der Waals surface area contributed by atoms with Crippen LogP contribution in [0.5, 0.6) is 0 Å². The monoisotopic (exact) mass is 422 g/mol. The van der Waals surface area contributed by atoms with Crippen LogP contribution < -0.4 is 5.56 Å². The number of hydrogen-bond acceptors (Lipinski definition) is 6. The maximum absolute atomic E-state index is 13.0. The fourth-order valence-corrected chi connectivity index (χ4v) is 4.42. The summed E-state index contributed by atoms with van der Waals surface area (Å²) in [6.45, 7) is 0.635. The molecule has 29 heavy (non-hydrogen) atoms. The summed E-state index contributed by atoms with van der Waals surface area (Å²) in [5, 5.41) is 2.37. The first kappa shape index (κ1) is 19.4. The Morgan fingerprint density at radius 3 is 2.41 bits per heavy atom. The summed E-state index contributed by atoms with van der Waals surface area (Å²) < 4.78 is 7.59. The van der Waals surface area contributed by atoms with Crippen molar-refractivity contribution in [3.63, 3.8) is 0 Å². The van der Waals surface area contributed by atoms with E-state index in [-0.39, 0.29) is 23.9 Å². The summed E-state index contributed by atoms with van der Waals surface area (Å²) >= 11 is 2.60. The fourth-order valence-electron chi connectivity index (χ4n) is 2.84. The molecular weight excluding hydrogens is 404 g/mol. The van der Waals surface area contributed by atoms with Gasteiger partial charge in [-0.25, -0.2) is 4.98 Å². The summed E-state index contributed by atoms with van der Waals surface area (Å²) in [5.41, 5.74) is 2.50. The first-order valence-electron chi connectivity index (χ1n) is 9.05. The molecule has 0 fully saturated rings. The number of benzene rings is 2. The smallest absolute Gasteiger partial charge is 0.316 e. The lowest BCUT2D eigenvalue weighted by atomic mass is 10.2. The van der Waals surface area contributed by atoms with Gasteiger partial charge in [0.25, 0.3) is 5.56 Å². The number of thioether (sulfide) groups is 1. The van der Waals surface area contributed by atoms with Gasteiger partial charge in [-0.2, -0.15) is 0 Å². The van der Waals surface area contributed by atoms with Crippen molar-refractivity contribution in [2.75, 3.05) is 5.75 Å². The molecule has 2 aromatic heterocycles. The van der Waals surface area contributed by atoms with Crippen molar-refractivity contribution >= 4 is 39.3 Å². The van der Waals surface area contributed by atoms with Crippen LogP contribution in [0.4, 0.5) is 0 Å². The van der Waals surface area contributed by atoms with E-state index in [1.165, 1.54) is 23.1 Å². The molecule has 0 bridgehead atoms. The van der Waals surface area contributed by atoms with Gasteiger partial charge in [-0.3, -0.25) is 14.2 Å². The van der Waals surface area contributed by atoms with E-state index in [4.69, 9.17) is 4.74 Å². The third-order valence-electron chi connectivity index (χ3n) is 4.28. The number of hydrogen-bond donors (Lipinski definition) is 0. The second kappa shape index (κ2) is 9.07. The van der Waals surface area contributed by atoms with Crippen LogP contribution in [-0.2, 0) is 22.7 Å². The zero-order chi connectivity index (χ0) is 20.1. The largest absolute Gasteiger partial charge is 0.460 e. The molecule has 7 heteroatoms. The Balaban J connectivity index is 1.52. The number of carbonyl (C=O) groups is 1. The van der Waals surface area contributed by atoms with Crippen molar-refractivity contribution in [1.29, 1.82) is 0 Å². The Morgan fingerprint density at radius 1 is 1.00 bits per heavy atom. The summed E-state index contributed by atoms with van der Waals surface area (Å²) in [6.07, 6.45) is 0. The minimum Gasteiger partial charge on any atom is -0.460 e. The van der Waals surface area contributed by atoms with Crippen molar-refractivity contribution < 1.29 is 9.53 Å². The molecule has 2 heterocycles. The van der Waals surface area contributed by atoms with E-state index in [0.717, 1.165) is 11.1 Å². The Hall–Kier alpha value is -2.90. The maximum atomic E-state index is 13.0. The molecule has 0 atom stereocenters. The van der Waals surface area contributed by atoms with Gasteiger partial charge in [0.2, 0.25) is 0 Å². The van der Waals surface area contributed by atoms with Crippen LogP contribution in [0, 0.1) is 0 Å². The van der Waals surface area contributed by atoms with E-state index in [0.29, 0.717) is 21.9 Å². The number of nitrogens with zero attached hydrogens (tertiary/aromatic N) is 2. The number of aromatic nitrogens is 2. The van der Waals surface area contributed by atoms with Gasteiger partial charge in [-0.1, -0.05) is 72.4 Å². The lowest BCUT2D eigenvalue weighted by Gasteiger charge is -2.12. The lowest BCUT2D eigenvalue weighted by molar-refractivity contribution is -0.141. The molecule has 0 radical (unpaired) electrons. The van der Waals surface area contributed by atoms with Gasteiger partial charge in [0.1, 0.15) is 11.3 Å². The second-order valence-electron chi connectivity index (χ2n) is 6.34. The van der Waals surface area contributed by atoms with E-state index in [1.54, 1.807) is 4.57 Å². The molecule has 0 aliphatic carbocycles. The van der Waals surface area contributed by atoms with Crippen molar-refractivity contribution in [2.45, 2.75) is 18.3 Å². The zero-order valence-electron chi connectivity index (χ0n) is 15.5. The molecule has 2 aromatic carbocycles. The first-order chi connectivity index (χ1) is 14.2. The Labute approximate surface area is 176 Å². The van der Waals surface area contributed by atoms with Crippen molar-refractivity contribution in [3.05, 3.63) is 93.6 Å². The predicted octanol–water partition coefficient (Wildman–Crippen LogP) is 4.34. The Kier molecular flexibility index (Phi) is 6.07. The molecule has 0 saturated heterocycles. The average molecular weight is 423 g/mol. The molecule has 0 amide bonds. The van der Waals surface area contributed by atoms with Crippen LogP contribution >= 0.6 is 23.1 Å². The molecule has 0 N–H and O–H groups in total. The SMILES string of the molecule is O=C(CSc1nc2ccsc2c(=O)n1Cc1ccccc1)OCc1ccccc1. The highest BCUT2D eigenvalue weighted by molar-refractivity contribution is 7.99. The third-order valence-corrected chi connectivity index (χ3v) is 6.12. The number of esters is 1. The van der Waals surface area contributed by atoms with Gasteiger partial charge < -0.3 is 4.74 Å². The minimum absolute atomic E-state index is 0.0870. The fraction of sp³-hybridized carbons (Fsp3) is 0.136. The number of carbonyl (C=O) groups excluding carboxylic acids is 1. The van der Waals surface area contributed by atoms with E-state index >= 15 is 0 Å². The number of thiophene rings is 1. The molecule has 4 aromatic rings. The summed E-state index contributed by atoms with van der Waals surface area (Å²) in [4.78, 5) is 29.8. The van der Waals surface area contributed by atoms with Gasteiger partial charge in [0, 0.05) is 0 Å². The maximum Gasteiger partial charge on any atom is 0.316 e. The van der Waals surface area contributed by atoms with Crippen LogP contribution in [-0.4, -0.2) is 21.3 Å². The van der Waals surface area contributed by atoms with Crippen LogP contribution in [0.3, 0.4) is 0 Å². The molecule has 0 aliphatic rings. The second-order valence-corrected chi connectivity index (χ2v) is 8.20. The highest BCUT2D eigenvalue weighted by Crippen LogP contribution is 2.22. The van der Waals surface area contributed by atoms with Gasteiger partial charge >= 0.3 is 5.97 Å². The quantitative estimate of drug-likeness (QED) is 0.252. The molecule has 5 nitrogen and oxygen atoms in total. The lowest BCUT2D eigenvalue weighted by Crippen LogP contribution is -2.23. The van der Waals surface area contributed by atoms with Crippen molar-refractivity contribution in [3.8, 4) is 0 Å². The topological polar surface area (TPSA) is 61.2 Å². The highest BCUT2D eigenvalue weighted by atomic mass is 32.2. The molecule has 0 aliphatic heterocycles. The van der Waals surface area contributed by atoms with Gasteiger partial charge in [0.05, 0.1) is 17.8 Å². The van der Waals surface area contributed by atoms with Crippen LogP contribution in [0.2, 0.25) is 0 Å². The van der Waals surface area contributed by atoms with E-state index in [1.807, 2.05) is 72.1 Å². The normalized spacial score (nSPS) is 10.9. The molecule has 0 saturated carbocycles. The third kappa shape index (κ3) is 4.75. The van der Waals surface area contributed by atoms with Crippen LogP contribution in [0.1, 0.15) is 11.1 Å². The first-order valence-corrected chi connectivity index (χ1v) is 10.9. The molecule has 4 rings (SSSR count). The number of ether oxygens (including phenoxy) is 1. The van der Waals surface area contributed by atoms with Gasteiger partial charge in [0.15, 0.2) is 5.16 Å². The minimum atomic E-state index is -0.343. The Bertz CT molecular complexity index is 1170. The van der Waals surface area contributed by atoms with E-state index in [2.05, 4.69) is 4.98 Å². The van der Waals surface area contributed by atoms with Crippen molar-refractivity contribution in [2.24, 2.45) is 0 Å². The number of rotatable bonds is 7. The molecule has 0 spiro atoms. The van der Waals surface area contributed by atoms with Crippen LogP contribution in [0.25, 0.3) is 10.2 Å². The van der Waals surface area contributed by atoms with Gasteiger partial charge in [-0.15, -0.1) is 11.3 Å². The Morgan fingerprint density at radius 2 is 1.69 bits per heavy atom. The van der Waals surface area contributed by atoms with E-state index in [9.17, 15) is 9.59 Å². The molecule has 0 unspecified atom stereocenters. The zero-order valence-corrected chi connectivity index (χ0v) is 17.1.